The Bertz CT molecular complexity index is 1060. The molecule has 3 aromatic heterocycles. The highest BCUT2D eigenvalue weighted by Gasteiger charge is 2.26. The van der Waals surface area contributed by atoms with Gasteiger partial charge in [-0.1, -0.05) is 0 Å². The molecule has 30 heavy (non-hydrogen) atoms. The monoisotopic (exact) mass is 425 g/mol. The van der Waals surface area contributed by atoms with Crippen LogP contribution in [0.15, 0.2) is 30.9 Å². The zero-order valence-electron chi connectivity index (χ0n) is 16.9. The minimum Gasteiger partial charge on any atom is -0.462 e. The maximum Gasteiger partial charge on any atom is 0.348 e. The summed E-state index contributed by atoms with van der Waals surface area (Å²) in [6, 6.07) is 3.62. The minimum absolute atomic E-state index is 0.0984. The molecule has 1 fully saturated rings. The minimum atomic E-state index is -0.319. The average Bonchev–Trinajstić information content (AvgIpc) is 3.12. The smallest absolute Gasteiger partial charge is 0.348 e. The van der Waals surface area contributed by atoms with Crippen molar-refractivity contribution in [3.8, 4) is 0 Å². The number of carbonyl (C=O) groups excluding carboxylic acids is 2. The van der Waals surface area contributed by atoms with Gasteiger partial charge in [-0.3, -0.25) is 9.78 Å². The van der Waals surface area contributed by atoms with Gasteiger partial charge in [0, 0.05) is 31.5 Å². The third-order valence-corrected chi connectivity index (χ3v) is 6.40. The summed E-state index contributed by atoms with van der Waals surface area (Å²) in [4.78, 5) is 41.1. The van der Waals surface area contributed by atoms with Gasteiger partial charge in [0.2, 0.25) is 0 Å². The molecular weight excluding hydrogens is 402 g/mol. The van der Waals surface area contributed by atoms with Gasteiger partial charge >= 0.3 is 5.97 Å². The lowest BCUT2D eigenvalue weighted by molar-refractivity contribution is 0.0531. The predicted molar refractivity (Wildman–Crippen MR) is 115 cm³/mol. The predicted octanol–water partition coefficient (Wildman–Crippen LogP) is 2.97. The highest BCUT2D eigenvalue weighted by Crippen LogP contribution is 2.36. The highest BCUT2D eigenvalue weighted by atomic mass is 32.1. The fourth-order valence-electron chi connectivity index (χ4n) is 3.69. The fraction of sp³-hybridized carbons (Fsp3) is 0.381. The van der Waals surface area contributed by atoms with Crippen molar-refractivity contribution >= 4 is 39.2 Å². The molecule has 1 saturated heterocycles. The van der Waals surface area contributed by atoms with Crippen LogP contribution in [-0.2, 0) is 4.74 Å². The van der Waals surface area contributed by atoms with E-state index in [1.165, 1.54) is 11.3 Å². The molecule has 0 aliphatic carbocycles. The summed E-state index contributed by atoms with van der Waals surface area (Å²) >= 11 is 1.34. The number of nitrogens with one attached hydrogen (secondary N) is 1. The molecule has 1 amide bonds. The summed E-state index contributed by atoms with van der Waals surface area (Å²) in [5, 5.41) is 4.00. The van der Waals surface area contributed by atoms with Crippen molar-refractivity contribution in [1.82, 2.24) is 20.3 Å². The topological polar surface area (TPSA) is 97.3 Å². The van der Waals surface area contributed by atoms with E-state index in [9.17, 15) is 9.59 Å². The van der Waals surface area contributed by atoms with Crippen molar-refractivity contribution in [2.24, 2.45) is 0 Å². The first-order valence-corrected chi connectivity index (χ1v) is 10.8. The highest BCUT2D eigenvalue weighted by molar-refractivity contribution is 7.20. The molecule has 0 unspecified atom stereocenters. The number of hydrogen-bond donors (Lipinski definition) is 1. The van der Waals surface area contributed by atoms with Crippen molar-refractivity contribution in [3.05, 3.63) is 46.9 Å². The lowest BCUT2D eigenvalue weighted by Crippen LogP contribution is -2.45. The number of hydrogen-bond acceptors (Lipinski definition) is 8. The Kier molecular flexibility index (Phi) is 5.89. The summed E-state index contributed by atoms with van der Waals surface area (Å²) in [6.45, 7) is 5.56. The van der Waals surface area contributed by atoms with Crippen LogP contribution in [0.25, 0.3) is 10.2 Å². The molecule has 4 heterocycles. The van der Waals surface area contributed by atoms with Crippen molar-refractivity contribution in [2.45, 2.75) is 32.7 Å². The van der Waals surface area contributed by atoms with Gasteiger partial charge in [0.15, 0.2) is 0 Å². The molecule has 0 atom stereocenters. The van der Waals surface area contributed by atoms with Gasteiger partial charge in [0.25, 0.3) is 5.91 Å². The van der Waals surface area contributed by atoms with Gasteiger partial charge in [-0.05, 0) is 44.4 Å². The third-order valence-electron chi connectivity index (χ3n) is 5.22. The fourth-order valence-corrected chi connectivity index (χ4v) is 4.72. The van der Waals surface area contributed by atoms with Gasteiger partial charge in [-0.15, -0.1) is 11.3 Å². The van der Waals surface area contributed by atoms with Crippen LogP contribution in [0.2, 0.25) is 0 Å². The van der Waals surface area contributed by atoms with Crippen LogP contribution in [0.3, 0.4) is 0 Å². The molecule has 1 N–H and O–H groups in total. The van der Waals surface area contributed by atoms with Gasteiger partial charge in [-0.25, -0.2) is 14.8 Å². The average molecular weight is 426 g/mol. The molecule has 1 aliphatic rings. The summed E-state index contributed by atoms with van der Waals surface area (Å²) in [5.74, 6) is 0.417. The van der Waals surface area contributed by atoms with Crippen LogP contribution in [0.1, 0.15) is 45.4 Å². The number of thiophene rings is 1. The second kappa shape index (κ2) is 8.74. The van der Waals surface area contributed by atoms with E-state index < -0.39 is 0 Å². The first-order valence-electron chi connectivity index (χ1n) is 9.95. The lowest BCUT2D eigenvalue weighted by atomic mass is 10.0. The summed E-state index contributed by atoms with van der Waals surface area (Å²) in [5.41, 5.74) is 1.42. The van der Waals surface area contributed by atoms with Crippen LogP contribution in [0, 0.1) is 6.92 Å². The van der Waals surface area contributed by atoms with E-state index in [1.54, 1.807) is 37.8 Å². The maximum atomic E-state index is 12.4. The van der Waals surface area contributed by atoms with Gasteiger partial charge in [0.05, 0.1) is 17.6 Å². The van der Waals surface area contributed by atoms with Crippen LogP contribution in [-0.4, -0.2) is 52.6 Å². The van der Waals surface area contributed by atoms with Crippen LogP contribution in [0.5, 0.6) is 0 Å². The number of rotatable bonds is 5. The molecule has 0 bridgehead atoms. The largest absolute Gasteiger partial charge is 0.462 e. The number of aryl methyl sites for hydroxylation is 1. The Balaban J connectivity index is 1.48. The normalized spacial score (nSPS) is 14.7. The molecule has 8 nitrogen and oxygen atoms in total. The van der Waals surface area contributed by atoms with Crippen LogP contribution < -0.4 is 10.2 Å². The molecule has 9 heteroatoms. The molecule has 3 aromatic rings. The van der Waals surface area contributed by atoms with Crippen LogP contribution in [0.4, 0.5) is 5.82 Å². The number of anilines is 1. The van der Waals surface area contributed by atoms with E-state index in [4.69, 9.17) is 4.74 Å². The van der Waals surface area contributed by atoms with E-state index in [1.807, 2.05) is 6.92 Å². The number of fused-ring (bicyclic) bond motifs is 1. The van der Waals surface area contributed by atoms with Crippen molar-refractivity contribution < 1.29 is 14.3 Å². The molecule has 0 radical (unpaired) electrons. The molecular formula is C21H23N5O3S. The number of piperidine rings is 1. The summed E-state index contributed by atoms with van der Waals surface area (Å²) < 4.78 is 5.18. The Hall–Kier alpha value is -3.07. The maximum absolute atomic E-state index is 12.4. The molecule has 1 aliphatic heterocycles. The number of nitrogens with zero attached hydrogens (tertiary/aromatic N) is 4. The zero-order valence-corrected chi connectivity index (χ0v) is 17.7. The number of aromatic nitrogens is 3. The zero-order chi connectivity index (χ0) is 21.1. The number of ether oxygens (including phenoxy) is 1. The van der Waals surface area contributed by atoms with Crippen molar-refractivity contribution in [2.75, 3.05) is 24.6 Å². The number of pyridine rings is 1. The van der Waals surface area contributed by atoms with E-state index in [0.717, 1.165) is 47.5 Å². The van der Waals surface area contributed by atoms with Crippen molar-refractivity contribution in [3.63, 3.8) is 0 Å². The van der Waals surface area contributed by atoms with E-state index in [-0.39, 0.29) is 17.9 Å². The van der Waals surface area contributed by atoms with E-state index in [0.29, 0.717) is 17.0 Å². The first-order chi connectivity index (χ1) is 14.6. The standard InChI is InChI=1S/C21H23N5O3S/c1-3-29-21(28)17-13(2)16-18(23-12-24-20(16)30-17)26-9-6-15(7-10-26)25-19(27)14-5-4-8-22-11-14/h4-5,8,11-12,15H,3,6-7,9-10H2,1-2H3,(H,25,27). The van der Waals surface area contributed by atoms with Gasteiger partial charge in [-0.2, -0.15) is 0 Å². The SMILES string of the molecule is CCOC(=O)c1sc2ncnc(N3CCC(NC(=O)c4cccnc4)CC3)c2c1C. The Labute approximate surface area is 178 Å². The Morgan fingerprint density at radius 3 is 2.80 bits per heavy atom. The second-order valence-electron chi connectivity index (χ2n) is 7.13. The molecule has 0 saturated carbocycles. The summed E-state index contributed by atoms with van der Waals surface area (Å²) in [6.07, 6.45) is 6.38. The third kappa shape index (κ3) is 3.97. The summed E-state index contributed by atoms with van der Waals surface area (Å²) in [7, 11) is 0. The van der Waals surface area contributed by atoms with Crippen LogP contribution >= 0.6 is 11.3 Å². The quantitative estimate of drug-likeness (QED) is 0.628. The van der Waals surface area contributed by atoms with Gasteiger partial charge in [0.1, 0.15) is 21.9 Å². The molecule has 0 spiro atoms. The van der Waals surface area contributed by atoms with Gasteiger partial charge < -0.3 is 15.0 Å². The lowest BCUT2D eigenvalue weighted by Gasteiger charge is -2.33. The second-order valence-corrected chi connectivity index (χ2v) is 8.13. The van der Waals surface area contributed by atoms with Crippen molar-refractivity contribution in [1.29, 1.82) is 0 Å². The Morgan fingerprint density at radius 1 is 1.30 bits per heavy atom. The van der Waals surface area contributed by atoms with E-state index in [2.05, 4.69) is 25.2 Å². The first kappa shape index (κ1) is 20.2. The molecule has 156 valence electrons. The Morgan fingerprint density at radius 2 is 2.10 bits per heavy atom. The van der Waals surface area contributed by atoms with E-state index >= 15 is 0 Å². The number of amides is 1. The molecule has 0 aromatic carbocycles. The number of esters is 1. The molecule has 4 rings (SSSR count). The number of carbonyl (C=O) groups is 2.